The second-order valence-electron chi connectivity index (χ2n) is 3.46. The summed E-state index contributed by atoms with van der Waals surface area (Å²) in [7, 11) is 4.83. The molecule has 0 aromatic heterocycles. The summed E-state index contributed by atoms with van der Waals surface area (Å²) in [5, 5.41) is 0. The van der Waals surface area contributed by atoms with Crippen LogP contribution in [0.3, 0.4) is 0 Å². The van der Waals surface area contributed by atoms with Gasteiger partial charge in [0.05, 0.1) is 26.9 Å². The lowest BCUT2D eigenvalue weighted by Crippen LogP contribution is -2.12. The number of nitrogens with two attached hydrogens (primary N) is 1. The van der Waals surface area contributed by atoms with Crippen molar-refractivity contribution in [1.82, 2.24) is 0 Å². The Kier molecular flexibility index (Phi) is 6.76. The molecule has 0 fully saturated rings. The van der Waals surface area contributed by atoms with Crippen molar-refractivity contribution in [3.63, 3.8) is 0 Å². The average Bonchev–Trinajstić information content (AvgIpc) is 2.35. The molecule has 1 aromatic carbocycles. The van der Waals surface area contributed by atoms with Gasteiger partial charge in [-0.3, -0.25) is 0 Å². The van der Waals surface area contributed by atoms with E-state index in [9.17, 15) is 0 Å². The van der Waals surface area contributed by atoms with E-state index in [4.69, 9.17) is 19.9 Å². The predicted octanol–water partition coefficient (Wildman–Crippen LogP) is 2.54. The molecule has 98 valence electrons. The third-order valence-corrected chi connectivity index (χ3v) is 2.56. The van der Waals surface area contributed by atoms with E-state index in [0.717, 1.165) is 12.0 Å². The summed E-state index contributed by atoms with van der Waals surface area (Å²) in [6.45, 7) is 2.02. The molecule has 0 spiro atoms. The maximum Gasteiger partial charge on any atom is 0.131 e. The standard InChI is InChI=1S/C12H19NO3.ClH/c1-5-9(13)12-10(15-3)6-8(14-2)7-11(12)16-4;/h6-7,9H,5,13H2,1-4H3;1H/t9-;/m1./s1. The molecule has 17 heavy (non-hydrogen) atoms. The highest BCUT2D eigenvalue weighted by molar-refractivity contribution is 5.85. The van der Waals surface area contributed by atoms with Crippen molar-refractivity contribution in [1.29, 1.82) is 0 Å². The van der Waals surface area contributed by atoms with Crippen LogP contribution in [-0.2, 0) is 0 Å². The predicted molar refractivity (Wildman–Crippen MR) is 70.6 cm³/mol. The van der Waals surface area contributed by atoms with E-state index in [0.29, 0.717) is 17.2 Å². The van der Waals surface area contributed by atoms with Crippen LogP contribution in [0.25, 0.3) is 0 Å². The topological polar surface area (TPSA) is 53.7 Å². The van der Waals surface area contributed by atoms with Gasteiger partial charge in [-0.25, -0.2) is 0 Å². The third-order valence-electron chi connectivity index (χ3n) is 2.56. The number of hydrogen-bond donors (Lipinski definition) is 1. The van der Waals surface area contributed by atoms with E-state index < -0.39 is 0 Å². The molecule has 0 saturated heterocycles. The molecule has 0 amide bonds. The zero-order valence-electron chi connectivity index (χ0n) is 10.6. The number of rotatable bonds is 5. The number of methoxy groups -OCH3 is 3. The zero-order valence-corrected chi connectivity index (χ0v) is 11.5. The molecule has 0 unspecified atom stereocenters. The molecule has 1 atom stereocenters. The van der Waals surface area contributed by atoms with Crippen LogP contribution in [-0.4, -0.2) is 21.3 Å². The van der Waals surface area contributed by atoms with Gasteiger partial charge in [0.25, 0.3) is 0 Å². The van der Waals surface area contributed by atoms with E-state index in [-0.39, 0.29) is 18.4 Å². The number of ether oxygens (including phenoxy) is 3. The molecule has 0 radical (unpaired) electrons. The molecule has 4 nitrogen and oxygen atoms in total. The summed E-state index contributed by atoms with van der Waals surface area (Å²) in [5.74, 6) is 2.09. The van der Waals surface area contributed by atoms with Gasteiger partial charge in [0.15, 0.2) is 0 Å². The third kappa shape index (κ3) is 3.41. The van der Waals surface area contributed by atoms with Crippen LogP contribution in [0.15, 0.2) is 12.1 Å². The first-order chi connectivity index (χ1) is 7.67. The number of hydrogen-bond acceptors (Lipinski definition) is 4. The first-order valence-electron chi connectivity index (χ1n) is 5.23. The SMILES string of the molecule is CC[C@@H](N)c1c(OC)cc(OC)cc1OC.Cl. The summed E-state index contributed by atoms with van der Waals surface area (Å²) in [5.41, 5.74) is 6.92. The van der Waals surface area contributed by atoms with Gasteiger partial charge < -0.3 is 19.9 Å². The van der Waals surface area contributed by atoms with E-state index >= 15 is 0 Å². The lowest BCUT2D eigenvalue weighted by Gasteiger charge is -2.18. The summed E-state index contributed by atoms with van der Waals surface area (Å²) < 4.78 is 15.8. The van der Waals surface area contributed by atoms with Crippen LogP contribution in [0.1, 0.15) is 24.9 Å². The van der Waals surface area contributed by atoms with Crippen LogP contribution in [0, 0.1) is 0 Å². The van der Waals surface area contributed by atoms with E-state index in [1.165, 1.54) is 0 Å². The molecule has 1 rings (SSSR count). The molecule has 0 aliphatic rings. The summed E-state index contributed by atoms with van der Waals surface area (Å²) in [4.78, 5) is 0. The monoisotopic (exact) mass is 261 g/mol. The van der Waals surface area contributed by atoms with Crippen molar-refractivity contribution >= 4 is 12.4 Å². The Morgan fingerprint density at radius 1 is 1.06 bits per heavy atom. The largest absolute Gasteiger partial charge is 0.496 e. The highest BCUT2D eigenvalue weighted by Crippen LogP contribution is 2.38. The van der Waals surface area contributed by atoms with Crippen LogP contribution in [0.4, 0.5) is 0 Å². The lowest BCUT2D eigenvalue weighted by molar-refractivity contribution is 0.363. The lowest BCUT2D eigenvalue weighted by atomic mass is 10.0. The molecule has 0 bridgehead atoms. The van der Waals surface area contributed by atoms with Crippen molar-refractivity contribution in [3.05, 3.63) is 17.7 Å². The minimum Gasteiger partial charge on any atom is -0.496 e. The molecule has 0 heterocycles. The average molecular weight is 262 g/mol. The Bertz CT molecular complexity index is 333. The first-order valence-corrected chi connectivity index (χ1v) is 5.23. The Labute approximate surface area is 108 Å². The molecule has 2 N–H and O–H groups in total. The fourth-order valence-electron chi connectivity index (χ4n) is 1.60. The van der Waals surface area contributed by atoms with Gasteiger partial charge in [0.1, 0.15) is 17.2 Å². The van der Waals surface area contributed by atoms with Crippen molar-refractivity contribution < 1.29 is 14.2 Å². The van der Waals surface area contributed by atoms with Gasteiger partial charge in [-0.05, 0) is 6.42 Å². The van der Waals surface area contributed by atoms with Gasteiger partial charge in [0, 0.05) is 18.2 Å². The molecule has 0 aliphatic carbocycles. The number of benzene rings is 1. The van der Waals surface area contributed by atoms with Crippen LogP contribution in [0.5, 0.6) is 17.2 Å². The second kappa shape index (κ2) is 7.25. The minimum absolute atomic E-state index is 0. The van der Waals surface area contributed by atoms with Crippen molar-refractivity contribution in [2.75, 3.05) is 21.3 Å². The highest BCUT2D eigenvalue weighted by atomic mass is 35.5. The molecule has 0 aliphatic heterocycles. The first kappa shape index (κ1) is 15.9. The molecule has 5 heteroatoms. The fraction of sp³-hybridized carbons (Fsp3) is 0.500. The Morgan fingerprint density at radius 2 is 1.53 bits per heavy atom. The van der Waals surface area contributed by atoms with Crippen molar-refractivity contribution in [3.8, 4) is 17.2 Å². The van der Waals surface area contributed by atoms with Gasteiger partial charge in [0.2, 0.25) is 0 Å². The van der Waals surface area contributed by atoms with Crippen LogP contribution >= 0.6 is 12.4 Å². The molecular formula is C12H20ClNO3. The molecular weight excluding hydrogens is 242 g/mol. The molecule has 1 aromatic rings. The van der Waals surface area contributed by atoms with Crippen LogP contribution < -0.4 is 19.9 Å². The van der Waals surface area contributed by atoms with E-state index in [2.05, 4.69) is 0 Å². The van der Waals surface area contributed by atoms with Gasteiger partial charge >= 0.3 is 0 Å². The van der Waals surface area contributed by atoms with Gasteiger partial charge in [-0.1, -0.05) is 6.92 Å². The van der Waals surface area contributed by atoms with Crippen molar-refractivity contribution in [2.24, 2.45) is 5.73 Å². The van der Waals surface area contributed by atoms with E-state index in [1.807, 2.05) is 19.1 Å². The Hall–Kier alpha value is -1.13. The summed E-state index contributed by atoms with van der Waals surface area (Å²) in [6.07, 6.45) is 0.819. The van der Waals surface area contributed by atoms with Crippen molar-refractivity contribution in [2.45, 2.75) is 19.4 Å². The smallest absolute Gasteiger partial charge is 0.131 e. The summed E-state index contributed by atoms with van der Waals surface area (Å²) >= 11 is 0. The fourth-order valence-corrected chi connectivity index (χ4v) is 1.60. The van der Waals surface area contributed by atoms with E-state index in [1.54, 1.807) is 21.3 Å². The minimum atomic E-state index is -0.101. The quantitative estimate of drug-likeness (QED) is 0.885. The Balaban J connectivity index is 0.00000256. The van der Waals surface area contributed by atoms with Crippen LogP contribution in [0.2, 0.25) is 0 Å². The normalized spacial score (nSPS) is 11.4. The van der Waals surface area contributed by atoms with Gasteiger partial charge in [-0.2, -0.15) is 0 Å². The zero-order chi connectivity index (χ0) is 12.1. The highest BCUT2D eigenvalue weighted by Gasteiger charge is 2.18. The number of halogens is 1. The Morgan fingerprint density at radius 3 is 1.82 bits per heavy atom. The molecule has 0 saturated carbocycles. The van der Waals surface area contributed by atoms with Gasteiger partial charge in [-0.15, -0.1) is 12.4 Å². The maximum absolute atomic E-state index is 6.04. The summed E-state index contributed by atoms with van der Waals surface area (Å²) in [6, 6.07) is 3.52. The second-order valence-corrected chi connectivity index (χ2v) is 3.46. The maximum atomic E-state index is 6.04.